The summed E-state index contributed by atoms with van der Waals surface area (Å²) in [5.74, 6) is 1.73. The second-order valence-corrected chi connectivity index (χ2v) is 8.16. The van der Waals surface area contributed by atoms with Gasteiger partial charge in [0.05, 0.1) is 40.6 Å². The van der Waals surface area contributed by atoms with Crippen molar-refractivity contribution in [2.45, 2.75) is 53.2 Å². The lowest BCUT2D eigenvalue weighted by Gasteiger charge is -2.11. The summed E-state index contributed by atoms with van der Waals surface area (Å²) >= 11 is 0. The van der Waals surface area contributed by atoms with Crippen LogP contribution >= 0.6 is 0 Å². The Kier molecular flexibility index (Phi) is 11.6. The molecule has 0 atom stereocenters. The van der Waals surface area contributed by atoms with Gasteiger partial charge in [0.2, 0.25) is 0 Å². The number of ether oxygens (including phenoxy) is 4. The number of benzene rings is 2. The fourth-order valence-electron chi connectivity index (χ4n) is 3.15. The predicted octanol–water partition coefficient (Wildman–Crippen LogP) is 6.89. The Morgan fingerprint density at radius 1 is 0.719 bits per heavy atom. The van der Waals surface area contributed by atoms with E-state index in [-0.39, 0.29) is 0 Å². The van der Waals surface area contributed by atoms with Crippen LogP contribution in [0.25, 0.3) is 0 Å². The highest BCUT2D eigenvalue weighted by Crippen LogP contribution is 2.19. The number of methoxy groups -OCH3 is 2. The summed E-state index contributed by atoms with van der Waals surface area (Å²) in [6.07, 6.45) is 5.14. The molecule has 2 aromatic carbocycles. The molecule has 2 aromatic rings. The second kappa shape index (κ2) is 14.5. The van der Waals surface area contributed by atoms with Gasteiger partial charge in [0.25, 0.3) is 0 Å². The van der Waals surface area contributed by atoms with Crippen molar-refractivity contribution < 1.29 is 18.9 Å². The van der Waals surface area contributed by atoms with Crippen LogP contribution in [0.15, 0.2) is 71.3 Å². The van der Waals surface area contributed by atoms with Crippen LogP contribution in [0.2, 0.25) is 0 Å². The van der Waals surface area contributed by atoms with Crippen LogP contribution in [0.3, 0.4) is 0 Å². The molecule has 0 unspecified atom stereocenters. The molecular formula is C28H38O4. The smallest absolute Gasteiger partial charge is 0.118 e. The van der Waals surface area contributed by atoms with Gasteiger partial charge in [0, 0.05) is 0 Å². The lowest BCUT2D eigenvalue weighted by Crippen LogP contribution is -2.00. The molecule has 2 rings (SSSR count). The van der Waals surface area contributed by atoms with Crippen molar-refractivity contribution in [1.29, 1.82) is 0 Å². The molecule has 0 heterocycles. The Labute approximate surface area is 193 Å². The fourth-order valence-corrected chi connectivity index (χ4v) is 3.15. The van der Waals surface area contributed by atoms with Gasteiger partial charge in [-0.3, -0.25) is 0 Å². The van der Waals surface area contributed by atoms with Crippen molar-refractivity contribution in [3.63, 3.8) is 0 Å². The van der Waals surface area contributed by atoms with Crippen molar-refractivity contribution in [3.8, 4) is 11.5 Å². The minimum atomic E-state index is 0.615. The van der Waals surface area contributed by atoms with E-state index in [2.05, 4.69) is 26.8 Å². The van der Waals surface area contributed by atoms with Crippen LogP contribution in [-0.4, -0.2) is 27.4 Å². The standard InChI is InChI=1S/C28H38O4/c1-22(2)23(3)19-24(16-18-32-21-26-10-14-28(30-5)15-11-26)7-6-17-31-20-25-8-12-27(29-4)13-9-25/h7-15H,6,16-21H2,1-5H3/b24-7-. The minimum Gasteiger partial charge on any atom is -0.497 e. The van der Waals surface area contributed by atoms with E-state index in [9.17, 15) is 0 Å². The number of rotatable bonds is 14. The Morgan fingerprint density at radius 3 is 1.69 bits per heavy atom. The third-order valence-electron chi connectivity index (χ3n) is 5.46. The molecule has 4 nitrogen and oxygen atoms in total. The Hall–Kier alpha value is -2.56. The van der Waals surface area contributed by atoms with Crippen molar-refractivity contribution in [3.05, 3.63) is 82.5 Å². The molecule has 0 aliphatic carbocycles. The molecule has 32 heavy (non-hydrogen) atoms. The van der Waals surface area contributed by atoms with Gasteiger partial charge in [-0.1, -0.05) is 47.1 Å². The molecule has 0 spiro atoms. The summed E-state index contributed by atoms with van der Waals surface area (Å²) in [6, 6.07) is 16.0. The van der Waals surface area contributed by atoms with Crippen LogP contribution in [0.4, 0.5) is 0 Å². The number of hydrogen-bond donors (Lipinski definition) is 0. The first-order valence-corrected chi connectivity index (χ1v) is 11.2. The van der Waals surface area contributed by atoms with Gasteiger partial charge >= 0.3 is 0 Å². The Bertz CT molecular complexity index is 844. The van der Waals surface area contributed by atoms with E-state index in [0.29, 0.717) is 26.4 Å². The topological polar surface area (TPSA) is 36.9 Å². The minimum absolute atomic E-state index is 0.615. The normalized spacial score (nSPS) is 11.3. The molecule has 0 N–H and O–H groups in total. The van der Waals surface area contributed by atoms with Crippen molar-refractivity contribution in [2.24, 2.45) is 0 Å². The van der Waals surface area contributed by atoms with E-state index in [4.69, 9.17) is 18.9 Å². The fraction of sp³-hybridized carbons (Fsp3) is 0.429. The molecule has 0 bridgehead atoms. The maximum Gasteiger partial charge on any atom is 0.118 e. The van der Waals surface area contributed by atoms with Crippen LogP contribution in [0.5, 0.6) is 11.5 Å². The van der Waals surface area contributed by atoms with Gasteiger partial charge in [-0.2, -0.15) is 0 Å². The summed E-state index contributed by atoms with van der Waals surface area (Å²) in [4.78, 5) is 0. The molecule has 0 aliphatic rings. The van der Waals surface area contributed by atoms with Gasteiger partial charge in [-0.25, -0.2) is 0 Å². The molecule has 4 heteroatoms. The van der Waals surface area contributed by atoms with E-state index in [1.807, 2.05) is 48.5 Å². The van der Waals surface area contributed by atoms with E-state index < -0.39 is 0 Å². The van der Waals surface area contributed by atoms with E-state index in [1.165, 1.54) is 16.7 Å². The third kappa shape index (κ3) is 9.71. The van der Waals surface area contributed by atoms with Crippen molar-refractivity contribution in [1.82, 2.24) is 0 Å². The zero-order valence-corrected chi connectivity index (χ0v) is 20.3. The quantitative estimate of drug-likeness (QED) is 0.238. The first kappa shape index (κ1) is 25.7. The molecule has 0 aromatic heterocycles. The third-order valence-corrected chi connectivity index (χ3v) is 5.46. The highest BCUT2D eigenvalue weighted by molar-refractivity contribution is 5.27. The first-order valence-electron chi connectivity index (χ1n) is 11.2. The zero-order chi connectivity index (χ0) is 23.2. The second-order valence-electron chi connectivity index (χ2n) is 8.16. The van der Waals surface area contributed by atoms with Gasteiger partial charge < -0.3 is 18.9 Å². The SMILES string of the molecule is COc1ccc(COCC/C=C(/CCOCc2ccc(OC)cc2)CC(C)=C(C)C)cc1. The highest BCUT2D eigenvalue weighted by Gasteiger charge is 2.03. The van der Waals surface area contributed by atoms with Crippen LogP contribution in [0.1, 0.15) is 51.2 Å². The molecule has 174 valence electrons. The van der Waals surface area contributed by atoms with Crippen molar-refractivity contribution in [2.75, 3.05) is 27.4 Å². The van der Waals surface area contributed by atoms with E-state index in [1.54, 1.807) is 14.2 Å². The number of allylic oxidation sites excluding steroid dienone is 2. The summed E-state index contributed by atoms with van der Waals surface area (Å²) in [7, 11) is 3.36. The van der Waals surface area contributed by atoms with Crippen LogP contribution in [-0.2, 0) is 22.7 Å². The molecule has 0 amide bonds. The summed E-state index contributed by atoms with van der Waals surface area (Å²) in [6.45, 7) is 9.20. The average molecular weight is 439 g/mol. The maximum absolute atomic E-state index is 5.93. The summed E-state index contributed by atoms with van der Waals surface area (Å²) in [5.41, 5.74) is 6.52. The lowest BCUT2D eigenvalue weighted by atomic mass is 10.00. The Balaban J connectivity index is 1.78. The van der Waals surface area contributed by atoms with Gasteiger partial charge in [-0.05, 0) is 75.4 Å². The van der Waals surface area contributed by atoms with E-state index >= 15 is 0 Å². The molecule has 0 saturated heterocycles. The molecule has 0 saturated carbocycles. The van der Waals surface area contributed by atoms with Crippen LogP contribution in [0, 0.1) is 0 Å². The molecule has 0 fully saturated rings. The predicted molar refractivity (Wildman–Crippen MR) is 131 cm³/mol. The van der Waals surface area contributed by atoms with E-state index in [0.717, 1.165) is 41.9 Å². The van der Waals surface area contributed by atoms with Gasteiger partial charge in [0.1, 0.15) is 11.5 Å². The summed E-state index contributed by atoms with van der Waals surface area (Å²) < 4.78 is 22.2. The molecule has 0 aliphatic heterocycles. The molecular weight excluding hydrogens is 400 g/mol. The van der Waals surface area contributed by atoms with Crippen LogP contribution < -0.4 is 9.47 Å². The number of hydrogen-bond acceptors (Lipinski definition) is 4. The largest absolute Gasteiger partial charge is 0.497 e. The monoisotopic (exact) mass is 438 g/mol. The lowest BCUT2D eigenvalue weighted by molar-refractivity contribution is 0.121. The Morgan fingerprint density at radius 2 is 1.22 bits per heavy atom. The first-order chi connectivity index (χ1) is 15.5. The molecule has 0 radical (unpaired) electrons. The average Bonchev–Trinajstić information content (AvgIpc) is 2.82. The van der Waals surface area contributed by atoms with Gasteiger partial charge in [0.15, 0.2) is 0 Å². The highest BCUT2D eigenvalue weighted by atomic mass is 16.5. The summed E-state index contributed by atoms with van der Waals surface area (Å²) in [5, 5.41) is 0. The van der Waals surface area contributed by atoms with Gasteiger partial charge in [-0.15, -0.1) is 0 Å². The zero-order valence-electron chi connectivity index (χ0n) is 20.3. The maximum atomic E-state index is 5.93. The van der Waals surface area contributed by atoms with Crippen molar-refractivity contribution >= 4 is 0 Å².